The molecule has 20 heavy (non-hydrogen) atoms. The summed E-state index contributed by atoms with van der Waals surface area (Å²) in [5.74, 6) is 0.863. The van der Waals surface area contributed by atoms with E-state index in [1.54, 1.807) is 0 Å². The second kappa shape index (κ2) is 5.79. The van der Waals surface area contributed by atoms with Crippen molar-refractivity contribution in [2.75, 3.05) is 0 Å². The van der Waals surface area contributed by atoms with Gasteiger partial charge in [0.05, 0.1) is 0 Å². The van der Waals surface area contributed by atoms with Crippen LogP contribution in [0.1, 0.15) is 29.7 Å². The number of hydrogen-bond donors (Lipinski definition) is 1. The lowest BCUT2D eigenvalue weighted by Crippen LogP contribution is -2.24. The van der Waals surface area contributed by atoms with E-state index in [1.165, 1.54) is 0 Å². The second-order valence-corrected chi connectivity index (χ2v) is 7.43. The van der Waals surface area contributed by atoms with E-state index in [-0.39, 0.29) is 12.1 Å². The molecule has 2 nitrogen and oxygen atoms in total. The summed E-state index contributed by atoms with van der Waals surface area (Å²) in [6.45, 7) is 0. The Bertz CT molecular complexity index is 660. The fraction of sp³-hybridized carbons (Fsp3) is 0.200. The van der Waals surface area contributed by atoms with Crippen molar-refractivity contribution >= 4 is 47.8 Å². The smallest absolute Gasteiger partial charge is 0.126 e. The molecule has 2 aromatic carbocycles. The van der Waals surface area contributed by atoms with Crippen LogP contribution in [-0.4, -0.2) is 0 Å². The Morgan fingerprint density at radius 2 is 1.80 bits per heavy atom. The van der Waals surface area contributed by atoms with Crippen LogP contribution >= 0.6 is 47.8 Å². The zero-order chi connectivity index (χ0) is 14.3. The Morgan fingerprint density at radius 3 is 2.55 bits per heavy atom. The summed E-state index contributed by atoms with van der Waals surface area (Å²) in [7, 11) is 0. The maximum absolute atomic E-state index is 6.28. The van der Waals surface area contributed by atoms with Crippen molar-refractivity contribution < 1.29 is 4.74 Å². The highest BCUT2D eigenvalue weighted by Crippen LogP contribution is 2.41. The molecular weight excluding hydrogens is 450 g/mol. The van der Waals surface area contributed by atoms with E-state index in [1.807, 2.05) is 24.3 Å². The predicted octanol–water partition coefficient (Wildman–Crippen LogP) is 5.50. The highest BCUT2D eigenvalue weighted by Gasteiger charge is 2.27. The number of benzene rings is 2. The number of hydrogen-bond acceptors (Lipinski definition) is 2. The third kappa shape index (κ3) is 2.82. The third-order valence-corrected chi connectivity index (χ3v) is 5.80. The molecule has 3 rings (SSSR count). The van der Waals surface area contributed by atoms with Gasteiger partial charge in [-0.1, -0.05) is 28.1 Å². The van der Waals surface area contributed by atoms with Crippen molar-refractivity contribution in [1.29, 1.82) is 0 Å². The first-order valence-electron chi connectivity index (χ1n) is 6.21. The van der Waals surface area contributed by atoms with Gasteiger partial charge in [0.2, 0.25) is 0 Å². The summed E-state index contributed by atoms with van der Waals surface area (Å²) in [5, 5.41) is 0. The van der Waals surface area contributed by atoms with E-state index in [0.717, 1.165) is 36.7 Å². The molecule has 2 aromatic rings. The number of fused-ring (bicyclic) bond motifs is 1. The van der Waals surface area contributed by atoms with E-state index in [4.69, 9.17) is 10.5 Å². The zero-order valence-corrected chi connectivity index (χ0v) is 15.2. The molecule has 0 radical (unpaired) electrons. The molecule has 2 atom stereocenters. The lowest BCUT2D eigenvalue weighted by molar-refractivity contribution is 0.161. The summed E-state index contributed by atoms with van der Waals surface area (Å²) in [5.41, 5.74) is 8.47. The normalized spacial score (nSPS) is 21.2. The van der Waals surface area contributed by atoms with Gasteiger partial charge in [-0.15, -0.1) is 0 Å². The first-order chi connectivity index (χ1) is 9.54. The molecule has 0 fully saturated rings. The minimum absolute atomic E-state index is 0.000674. The molecule has 1 aliphatic heterocycles. The standard InChI is InChI=1S/C15H12Br3NO/c16-9-2-3-10-13(19)7-14(20-15(10)6-9)8-1-4-11(17)12(18)5-8/h1-6,13-14H,7,19H2/t13-,14?/m0/s1. The van der Waals surface area contributed by atoms with Gasteiger partial charge in [-0.05, 0) is 61.7 Å². The highest BCUT2D eigenvalue weighted by molar-refractivity contribution is 9.13. The Balaban J connectivity index is 1.96. The quantitative estimate of drug-likeness (QED) is 0.608. The summed E-state index contributed by atoms with van der Waals surface area (Å²) >= 11 is 10.5. The molecule has 104 valence electrons. The predicted molar refractivity (Wildman–Crippen MR) is 90.9 cm³/mol. The van der Waals surface area contributed by atoms with E-state index in [9.17, 15) is 0 Å². The van der Waals surface area contributed by atoms with E-state index < -0.39 is 0 Å². The SMILES string of the molecule is N[C@H]1CC(c2ccc(Br)c(Br)c2)Oc2cc(Br)ccc21. The molecule has 1 unspecified atom stereocenters. The van der Waals surface area contributed by atoms with Gasteiger partial charge in [0.25, 0.3) is 0 Å². The van der Waals surface area contributed by atoms with Crippen molar-refractivity contribution in [2.24, 2.45) is 5.73 Å². The van der Waals surface area contributed by atoms with Crippen molar-refractivity contribution in [3.8, 4) is 5.75 Å². The van der Waals surface area contributed by atoms with Gasteiger partial charge in [0.15, 0.2) is 0 Å². The maximum atomic E-state index is 6.28. The first-order valence-corrected chi connectivity index (χ1v) is 8.59. The van der Waals surface area contributed by atoms with Gasteiger partial charge in [-0.25, -0.2) is 0 Å². The molecule has 1 aliphatic rings. The summed E-state index contributed by atoms with van der Waals surface area (Å²) < 4.78 is 9.17. The van der Waals surface area contributed by atoms with Crippen LogP contribution in [0.4, 0.5) is 0 Å². The Morgan fingerprint density at radius 1 is 1.00 bits per heavy atom. The highest BCUT2D eigenvalue weighted by atomic mass is 79.9. The van der Waals surface area contributed by atoms with Crippen molar-refractivity contribution in [1.82, 2.24) is 0 Å². The van der Waals surface area contributed by atoms with Crippen LogP contribution in [0.5, 0.6) is 5.75 Å². The Hall–Kier alpha value is -0.360. The zero-order valence-electron chi connectivity index (χ0n) is 10.4. The van der Waals surface area contributed by atoms with Crippen LogP contribution in [0.25, 0.3) is 0 Å². The largest absolute Gasteiger partial charge is 0.485 e. The van der Waals surface area contributed by atoms with Gasteiger partial charge in [0.1, 0.15) is 11.9 Å². The monoisotopic (exact) mass is 459 g/mol. The summed E-state index contributed by atoms with van der Waals surface area (Å²) in [4.78, 5) is 0. The van der Waals surface area contributed by atoms with Gasteiger partial charge < -0.3 is 10.5 Å². The van der Waals surface area contributed by atoms with Crippen LogP contribution < -0.4 is 10.5 Å². The Kier molecular flexibility index (Phi) is 4.22. The molecule has 0 saturated carbocycles. The van der Waals surface area contributed by atoms with E-state index >= 15 is 0 Å². The average molecular weight is 462 g/mol. The number of halogens is 3. The molecule has 0 amide bonds. The molecule has 2 N–H and O–H groups in total. The van der Waals surface area contributed by atoms with Crippen molar-refractivity contribution in [2.45, 2.75) is 18.6 Å². The van der Waals surface area contributed by atoms with Crippen LogP contribution in [-0.2, 0) is 0 Å². The first kappa shape index (κ1) is 14.6. The van der Waals surface area contributed by atoms with Gasteiger partial charge in [-0.2, -0.15) is 0 Å². The average Bonchev–Trinajstić information content (AvgIpc) is 2.41. The molecule has 0 bridgehead atoms. The maximum Gasteiger partial charge on any atom is 0.126 e. The Labute approximate surface area is 143 Å². The summed E-state index contributed by atoms with van der Waals surface area (Å²) in [6.07, 6.45) is 0.763. The second-order valence-electron chi connectivity index (χ2n) is 4.80. The minimum atomic E-state index is -0.0174. The third-order valence-electron chi connectivity index (χ3n) is 3.43. The van der Waals surface area contributed by atoms with Gasteiger partial charge in [-0.3, -0.25) is 0 Å². The van der Waals surface area contributed by atoms with E-state index in [0.29, 0.717) is 0 Å². The minimum Gasteiger partial charge on any atom is -0.485 e. The van der Waals surface area contributed by atoms with Crippen molar-refractivity contribution in [3.05, 3.63) is 60.9 Å². The van der Waals surface area contributed by atoms with Gasteiger partial charge >= 0.3 is 0 Å². The van der Waals surface area contributed by atoms with Gasteiger partial charge in [0, 0.05) is 31.4 Å². The van der Waals surface area contributed by atoms with Crippen LogP contribution in [0.2, 0.25) is 0 Å². The van der Waals surface area contributed by atoms with Crippen LogP contribution in [0, 0.1) is 0 Å². The molecular formula is C15H12Br3NO. The van der Waals surface area contributed by atoms with E-state index in [2.05, 4.69) is 59.9 Å². The lowest BCUT2D eigenvalue weighted by atomic mass is 9.94. The lowest BCUT2D eigenvalue weighted by Gasteiger charge is -2.31. The molecule has 5 heteroatoms. The molecule has 1 heterocycles. The topological polar surface area (TPSA) is 35.2 Å². The number of nitrogens with two attached hydrogens (primary N) is 1. The number of ether oxygens (including phenoxy) is 1. The number of rotatable bonds is 1. The molecule has 0 saturated heterocycles. The molecule has 0 aliphatic carbocycles. The van der Waals surface area contributed by atoms with Crippen LogP contribution in [0.3, 0.4) is 0 Å². The van der Waals surface area contributed by atoms with Crippen LogP contribution in [0.15, 0.2) is 49.8 Å². The molecule has 0 aromatic heterocycles. The molecule has 0 spiro atoms. The summed E-state index contributed by atoms with van der Waals surface area (Å²) in [6, 6.07) is 12.2. The fourth-order valence-electron chi connectivity index (χ4n) is 2.39. The fourth-order valence-corrected chi connectivity index (χ4v) is 3.38. The van der Waals surface area contributed by atoms with Crippen molar-refractivity contribution in [3.63, 3.8) is 0 Å².